The molecule has 7 nitrogen and oxygen atoms in total. The van der Waals surface area contributed by atoms with Crippen LogP contribution in [0.25, 0.3) is 0 Å². The van der Waals surface area contributed by atoms with Gasteiger partial charge in [0.15, 0.2) is 11.4 Å². The van der Waals surface area contributed by atoms with Gasteiger partial charge in [-0.15, -0.1) is 0 Å². The molecule has 2 rings (SSSR count). The SMILES string of the molecule is O=C([O-])NCCNC(=O)c1ncccc1OCc1ccc(Cl)cc1. The van der Waals surface area contributed by atoms with Crippen LogP contribution >= 0.6 is 11.6 Å². The molecule has 0 unspecified atom stereocenters. The maximum atomic E-state index is 12.1. The highest BCUT2D eigenvalue weighted by Gasteiger charge is 2.13. The van der Waals surface area contributed by atoms with E-state index in [1.54, 1.807) is 24.3 Å². The molecule has 0 aliphatic heterocycles. The highest BCUT2D eigenvalue weighted by Crippen LogP contribution is 2.18. The van der Waals surface area contributed by atoms with Gasteiger partial charge in [-0.1, -0.05) is 23.7 Å². The summed E-state index contributed by atoms with van der Waals surface area (Å²) in [5, 5.41) is 15.5. The molecule has 2 amide bonds. The lowest BCUT2D eigenvalue weighted by atomic mass is 10.2. The molecule has 2 N–H and O–H groups in total. The molecule has 0 spiro atoms. The summed E-state index contributed by atoms with van der Waals surface area (Å²) in [6, 6.07) is 10.4. The molecule has 0 atom stereocenters. The molecule has 2 aromatic rings. The maximum Gasteiger partial charge on any atom is 0.273 e. The number of pyridine rings is 1. The van der Waals surface area contributed by atoms with E-state index in [4.69, 9.17) is 16.3 Å². The highest BCUT2D eigenvalue weighted by atomic mass is 35.5. The van der Waals surface area contributed by atoms with Gasteiger partial charge in [0, 0.05) is 24.3 Å². The maximum absolute atomic E-state index is 12.1. The van der Waals surface area contributed by atoms with Gasteiger partial charge in [-0.25, -0.2) is 4.98 Å². The van der Waals surface area contributed by atoms with Crippen molar-refractivity contribution in [3.8, 4) is 5.75 Å². The first-order chi connectivity index (χ1) is 11.6. The molecule has 1 aromatic heterocycles. The molecular formula is C16H15ClN3O4-. The zero-order valence-electron chi connectivity index (χ0n) is 12.6. The van der Waals surface area contributed by atoms with Crippen molar-refractivity contribution in [2.24, 2.45) is 0 Å². The second-order valence-electron chi connectivity index (χ2n) is 4.74. The van der Waals surface area contributed by atoms with Crippen LogP contribution in [0, 0.1) is 0 Å². The standard InChI is InChI=1S/C16H16ClN3O4/c17-12-5-3-11(4-6-12)10-24-13-2-1-7-18-14(13)15(21)19-8-9-20-16(22)23/h1-7,20H,8-10H2,(H,19,21)(H,22,23)/p-1. The predicted molar refractivity (Wildman–Crippen MR) is 85.8 cm³/mol. The van der Waals surface area contributed by atoms with Crippen LogP contribution in [0.1, 0.15) is 16.1 Å². The van der Waals surface area contributed by atoms with Crippen LogP contribution in [-0.2, 0) is 6.61 Å². The summed E-state index contributed by atoms with van der Waals surface area (Å²) in [6.07, 6.45) is 0.0813. The van der Waals surface area contributed by atoms with E-state index >= 15 is 0 Å². The van der Waals surface area contributed by atoms with Crippen molar-refractivity contribution in [3.63, 3.8) is 0 Å². The summed E-state index contributed by atoms with van der Waals surface area (Å²) in [6.45, 7) is 0.414. The quantitative estimate of drug-likeness (QED) is 0.726. The van der Waals surface area contributed by atoms with Gasteiger partial charge in [0.1, 0.15) is 12.7 Å². The second kappa shape index (κ2) is 8.73. The lowest BCUT2D eigenvalue weighted by molar-refractivity contribution is -0.250. The molecule has 0 saturated carbocycles. The first kappa shape index (κ1) is 17.6. The summed E-state index contributed by atoms with van der Waals surface area (Å²) in [5.74, 6) is -0.125. The molecule has 0 aliphatic carbocycles. The lowest BCUT2D eigenvalue weighted by Gasteiger charge is -2.11. The Kier molecular flexibility index (Phi) is 6.39. The first-order valence-electron chi connectivity index (χ1n) is 7.11. The minimum Gasteiger partial charge on any atom is -0.530 e. The molecule has 0 bridgehead atoms. The van der Waals surface area contributed by atoms with E-state index < -0.39 is 12.0 Å². The van der Waals surface area contributed by atoms with Crippen LogP contribution in [0.2, 0.25) is 5.02 Å². The smallest absolute Gasteiger partial charge is 0.273 e. The number of carbonyl (C=O) groups is 2. The van der Waals surface area contributed by atoms with Crippen molar-refractivity contribution < 1.29 is 19.4 Å². The Morgan fingerprint density at radius 1 is 1.12 bits per heavy atom. The van der Waals surface area contributed by atoms with Gasteiger partial charge in [0.05, 0.1) is 0 Å². The monoisotopic (exact) mass is 348 g/mol. The lowest BCUT2D eigenvalue weighted by Crippen LogP contribution is -2.41. The van der Waals surface area contributed by atoms with Gasteiger partial charge >= 0.3 is 0 Å². The Morgan fingerprint density at radius 2 is 1.83 bits per heavy atom. The van der Waals surface area contributed by atoms with E-state index in [1.807, 2.05) is 17.4 Å². The molecule has 0 aliphatic rings. The Morgan fingerprint density at radius 3 is 2.54 bits per heavy atom. The number of aromatic nitrogens is 1. The van der Waals surface area contributed by atoms with Crippen LogP contribution in [0.5, 0.6) is 5.75 Å². The first-order valence-corrected chi connectivity index (χ1v) is 7.49. The molecule has 0 saturated heterocycles. The Bertz CT molecular complexity index is 707. The molecule has 0 fully saturated rings. The number of hydrogen-bond donors (Lipinski definition) is 2. The van der Waals surface area contributed by atoms with E-state index in [0.29, 0.717) is 10.8 Å². The van der Waals surface area contributed by atoms with E-state index in [-0.39, 0.29) is 25.4 Å². The van der Waals surface area contributed by atoms with Crippen LogP contribution < -0.4 is 20.5 Å². The van der Waals surface area contributed by atoms with E-state index in [0.717, 1.165) is 5.56 Å². The fourth-order valence-corrected chi connectivity index (χ4v) is 1.97. The van der Waals surface area contributed by atoms with Crippen molar-refractivity contribution in [2.45, 2.75) is 6.61 Å². The number of nitrogens with one attached hydrogen (secondary N) is 2. The topological polar surface area (TPSA) is 103 Å². The van der Waals surface area contributed by atoms with E-state index in [9.17, 15) is 14.7 Å². The number of hydrogen-bond acceptors (Lipinski definition) is 5. The predicted octanol–water partition coefficient (Wildman–Crippen LogP) is 0.977. The number of nitrogens with zero attached hydrogens (tertiary/aromatic N) is 1. The van der Waals surface area contributed by atoms with Gasteiger partial charge in [0.2, 0.25) is 0 Å². The number of amides is 2. The Hall–Kier alpha value is -2.80. The number of halogens is 1. The van der Waals surface area contributed by atoms with Gasteiger partial charge in [0.25, 0.3) is 5.91 Å². The highest BCUT2D eigenvalue weighted by molar-refractivity contribution is 6.30. The zero-order chi connectivity index (χ0) is 17.4. The van der Waals surface area contributed by atoms with Crippen LogP contribution in [0.3, 0.4) is 0 Å². The van der Waals surface area contributed by atoms with Gasteiger partial charge in [-0.3, -0.25) is 4.79 Å². The summed E-state index contributed by atoms with van der Waals surface area (Å²) >= 11 is 5.83. The van der Waals surface area contributed by atoms with E-state index in [2.05, 4.69) is 10.3 Å². The molecule has 1 aromatic carbocycles. The summed E-state index contributed by atoms with van der Waals surface area (Å²) < 4.78 is 5.64. The molecule has 8 heteroatoms. The molecule has 126 valence electrons. The van der Waals surface area contributed by atoms with Crippen molar-refractivity contribution in [2.75, 3.05) is 13.1 Å². The third kappa shape index (κ3) is 5.44. The van der Waals surface area contributed by atoms with Crippen molar-refractivity contribution >= 4 is 23.6 Å². The second-order valence-corrected chi connectivity index (χ2v) is 5.17. The van der Waals surface area contributed by atoms with Crippen LogP contribution in [0.15, 0.2) is 42.6 Å². The normalized spacial score (nSPS) is 10.0. The van der Waals surface area contributed by atoms with Crippen molar-refractivity contribution in [1.82, 2.24) is 15.6 Å². The molecular weight excluding hydrogens is 334 g/mol. The number of carboxylic acid groups (broad SMARTS) is 1. The zero-order valence-corrected chi connectivity index (χ0v) is 13.4. The van der Waals surface area contributed by atoms with Crippen LogP contribution in [0.4, 0.5) is 4.79 Å². The average molecular weight is 349 g/mol. The van der Waals surface area contributed by atoms with E-state index in [1.165, 1.54) is 6.20 Å². The average Bonchev–Trinajstić information content (AvgIpc) is 2.58. The Balaban J connectivity index is 1.94. The van der Waals surface area contributed by atoms with Crippen molar-refractivity contribution in [1.29, 1.82) is 0 Å². The van der Waals surface area contributed by atoms with Gasteiger partial charge in [-0.2, -0.15) is 0 Å². The largest absolute Gasteiger partial charge is 0.530 e. The van der Waals surface area contributed by atoms with Gasteiger partial charge < -0.3 is 25.3 Å². The number of carbonyl (C=O) groups excluding carboxylic acids is 2. The third-order valence-electron chi connectivity index (χ3n) is 2.97. The van der Waals surface area contributed by atoms with Crippen LogP contribution in [-0.4, -0.2) is 30.1 Å². The summed E-state index contributed by atoms with van der Waals surface area (Å²) in [4.78, 5) is 26.3. The molecule has 0 radical (unpaired) electrons. The van der Waals surface area contributed by atoms with Gasteiger partial charge in [-0.05, 0) is 29.8 Å². The minimum absolute atomic E-state index is 0.0435. The Labute approximate surface area is 143 Å². The number of ether oxygens (including phenoxy) is 1. The number of benzene rings is 1. The third-order valence-corrected chi connectivity index (χ3v) is 3.23. The van der Waals surface area contributed by atoms with Crippen molar-refractivity contribution in [3.05, 3.63) is 58.9 Å². The molecule has 24 heavy (non-hydrogen) atoms. The fourth-order valence-electron chi connectivity index (χ4n) is 1.84. The fraction of sp³-hybridized carbons (Fsp3) is 0.188. The molecule has 1 heterocycles. The minimum atomic E-state index is -1.39. The summed E-state index contributed by atoms with van der Waals surface area (Å²) in [5.41, 5.74) is 1.02. The number of rotatable bonds is 7. The summed E-state index contributed by atoms with van der Waals surface area (Å²) in [7, 11) is 0.